The predicted octanol–water partition coefficient (Wildman–Crippen LogP) is 0.796. The number of aromatic nitrogens is 2. The van der Waals surface area contributed by atoms with Gasteiger partial charge in [0, 0.05) is 12.7 Å². The van der Waals surface area contributed by atoms with Gasteiger partial charge in [0.2, 0.25) is 0 Å². The van der Waals surface area contributed by atoms with E-state index in [1.54, 1.807) is 17.1 Å². The van der Waals surface area contributed by atoms with E-state index in [1.165, 1.54) is 0 Å². The topological polar surface area (TPSA) is 53.6 Å². The zero-order valence-electron chi connectivity index (χ0n) is 5.70. The van der Waals surface area contributed by atoms with Crippen LogP contribution in [0.15, 0.2) is 12.4 Å². The Hall–Kier alpha value is -1.50. The molecular weight excluding hydrogens is 128 g/mol. The summed E-state index contributed by atoms with van der Waals surface area (Å²) in [5.74, 6) is 0. The van der Waals surface area contributed by atoms with Crippen molar-refractivity contribution in [1.29, 1.82) is 5.26 Å². The minimum Gasteiger partial charge on any atom is -0.290 e. The Morgan fingerprint density at radius 3 is 3.20 bits per heavy atom. The molecular formula is C6H8N4. The zero-order valence-corrected chi connectivity index (χ0v) is 5.70. The third-order valence-electron chi connectivity index (χ3n) is 1.16. The van der Waals surface area contributed by atoms with Crippen LogP contribution in [0.1, 0.15) is 6.92 Å². The van der Waals surface area contributed by atoms with Gasteiger partial charge in [0.1, 0.15) is 0 Å². The predicted molar refractivity (Wildman–Crippen MR) is 37.1 cm³/mol. The molecule has 1 heterocycles. The van der Waals surface area contributed by atoms with Gasteiger partial charge in [-0.25, -0.2) is 0 Å². The maximum Gasteiger partial charge on any atom is 0.181 e. The normalized spacial score (nSPS) is 8.80. The van der Waals surface area contributed by atoms with Gasteiger partial charge in [-0.1, -0.05) is 0 Å². The molecule has 1 rings (SSSR count). The summed E-state index contributed by atoms with van der Waals surface area (Å²) < 4.78 is 1.75. The van der Waals surface area contributed by atoms with Gasteiger partial charge in [-0.15, -0.1) is 0 Å². The quantitative estimate of drug-likeness (QED) is 0.483. The number of aryl methyl sites for hydroxylation is 1. The fraction of sp³-hybridized carbons (Fsp3) is 0.333. The molecule has 0 aliphatic rings. The molecule has 4 nitrogen and oxygen atoms in total. The van der Waals surface area contributed by atoms with Crippen molar-refractivity contribution < 1.29 is 0 Å². The third-order valence-corrected chi connectivity index (χ3v) is 1.16. The standard InChI is InChI=1S/C6H8N4/c1-2-10-4-6(3-9-10)8-5-7/h3-4,8H,2H2,1H3. The van der Waals surface area contributed by atoms with Crippen molar-refractivity contribution in [2.24, 2.45) is 0 Å². The molecule has 0 aliphatic heterocycles. The first-order valence-corrected chi connectivity index (χ1v) is 3.04. The molecule has 4 heteroatoms. The zero-order chi connectivity index (χ0) is 7.40. The molecule has 0 saturated heterocycles. The van der Waals surface area contributed by atoms with Crippen LogP contribution in [-0.2, 0) is 6.54 Å². The molecule has 1 N–H and O–H groups in total. The summed E-state index contributed by atoms with van der Waals surface area (Å²) in [5.41, 5.74) is 0.740. The van der Waals surface area contributed by atoms with Crippen LogP contribution in [0.25, 0.3) is 0 Å². The second kappa shape index (κ2) is 2.87. The summed E-state index contributed by atoms with van der Waals surface area (Å²) in [4.78, 5) is 0. The van der Waals surface area contributed by atoms with E-state index in [4.69, 9.17) is 5.26 Å². The molecule has 1 aromatic heterocycles. The van der Waals surface area contributed by atoms with Crippen molar-refractivity contribution in [2.45, 2.75) is 13.5 Å². The highest BCUT2D eigenvalue weighted by Crippen LogP contribution is 2.02. The van der Waals surface area contributed by atoms with Crippen LogP contribution in [0.2, 0.25) is 0 Å². The molecule has 10 heavy (non-hydrogen) atoms. The molecule has 52 valence electrons. The van der Waals surface area contributed by atoms with Gasteiger partial charge in [-0.05, 0) is 6.92 Å². The first kappa shape index (κ1) is 6.62. The molecule has 0 fully saturated rings. The molecule has 0 radical (unpaired) electrons. The average molecular weight is 136 g/mol. The Labute approximate surface area is 59.1 Å². The Morgan fingerprint density at radius 1 is 1.90 bits per heavy atom. The van der Waals surface area contributed by atoms with Gasteiger partial charge in [-0.2, -0.15) is 10.4 Å². The highest BCUT2D eigenvalue weighted by molar-refractivity contribution is 5.41. The van der Waals surface area contributed by atoms with Crippen LogP contribution in [0.5, 0.6) is 0 Å². The van der Waals surface area contributed by atoms with Crippen LogP contribution in [0, 0.1) is 11.5 Å². The number of nitriles is 1. The fourth-order valence-electron chi connectivity index (χ4n) is 0.666. The van der Waals surface area contributed by atoms with Gasteiger partial charge in [0.25, 0.3) is 0 Å². The monoisotopic (exact) mass is 136 g/mol. The second-order valence-corrected chi connectivity index (χ2v) is 1.82. The van der Waals surface area contributed by atoms with Crippen molar-refractivity contribution in [3.63, 3.8) is 0 Å². The molecule has 0 unspecified atom stereocenters. The van der Waals surface area contributed by atoms with E-state index >= 15 is 0 Å². The minimum absolute atomic E-state index is 0.740. The van der Waals surface area contributed by atoms with Gasteiger partial charge in [0.15, 0.2) is 6.19 Å². The van der Waals surface area contributed by atoms with Gasteiger partial charge in [0.05, 0.1) is 11.9 Å². The summed E-state index contributed by atoms with van der Waals surface area (Å²) in [7, 11) is 0. The number of rotatable bonds is 2. The van der Waals surface area contributed by atoms with Crippen LogP contribution in [0.3, 0.4) is 0 Å². The van der Waals surface area contributed by atoms with E-state index in [2.05, 4.69) is 10.4 Å². The van der Waals surface area contributed by atoms with Crippen molar-refractivity contribution in [3.8, 4) is 6.19 Å². The average Bonchev–Trinajstić information content (AvgIpc) is 2.37. The lowest BCUT2D eigenvalue weighted by Crippen LogP contribution is -1.92. The van der Waals surface area contributed by atoms with Crippen molar-refractivity contribution in [3.05, 3.63) is 12.4 Å². The van der Waals surface area contributed by atoms with Crippen molar-refractivity contribution >= 4 is 5.69 Å². The molecule has 0 atom stereocenters. The Bertz CT molecular complexity index is 244. The number of hydrogen-bond donors (Lipinski definition) is 1. The van der Waals surface area contributed by atoms with Crippen LogP contribution in [0.4, 0.5) is 5.69 Å². The van der Waals surface area contributed by atoms with E-state index in [0.717, 1.165) is 12.2 Å². The maximum atomic E-state index is 8.20. The number of anilines is 1. The van der Waals surface area contributed by atoms with Gasteiger partial charge >= 0.3 is 0 Å². The van der Waals surface area contributed by atoms with E-state index in [1.807, 2.05) is 13.1 Å². The first-order valence-electron chi connectivity index (χ1n) is 3.04. The van der Waals surface area contributed by atoms with Crippen LogP contribution < -0.4 is 5.32 Å². The summed E-state index contributed by atoms with van der Waals surface area (Å²) in [6.45, 7) is 2.82. The molecule has 0 spiro atoms. The summed E-state index contributed by atoms with van der Waals surface area (Å²) in [5, 5.41) is 14.6. The SMILES string of the molecule is CCn1cc(NC#N)cn1. The smallest absolute Gasteiger partial charge is 0.181 e. The molecule has 0 saturated carbocycles. The largest absolute Gasteiger partial charge is 0.290 e. The first-order chi connectivity index (χ1) is 4.86. The lowest BCUT2D eigenvalue weighted by atomic mass is 10.6. The summed E-state index contributed by atoms with van der Waals surface area (Å²) in [6, 6.07) is 0. The lowest BCUT2D eigenvalue weighted by molar-refractivity contribution is 0.660. The molecule has 0 aliphatic carbocycles. The van der Waals surface area contributed by atoms with Gasteiger partial charge < -0.3 is 0 Å². The molecule has 0 bridgehead atoms. The van der Waals surface area contributed by atoms with Crippen LogP contribution in [-0.4, -0.2) is 9.78 Å². The summed E-state index contributed by atoms with van der Waals surface area (Å²) >= 11 is 0. The van der Waals surface area contributed by atoms with Crippen molar-refractivity contribution in [1.82, 2.24) is 9.78 Å². The molecule has 0 amide bonds. The van der Waals surface area contributed by atoms with Gasteiger partial charge in [-0.3, -0.25) is 10.00 Å². The summed E-state index contributed by atoms with van der Waals surface area (Å²) in [6.07, 6.45) is 5.22. The second-order valence-electron chi connectivity index (χ2n) is 1.82. The number of nitrogens with one attached hydrogen (secondary N) is 1. The number of nitrogens with zero attached hydrogens (tertiary/aromatic N) is 3. The highest BCUT2D eigenvalue weighted by Gasteiger charge is 1.92. The molecule has 0 aromatic carbocycles. The fourth-order valence-corrected chi connectivity index (χ4v) is 0.666. The Kier molecular flexibility index (Phi) is 1.90. The Morgan fingerprint density at radius 2 is 2.70 bits per heavy atom. The van der Waals surface area contributed by atoms with E-state index in [0.29, 0.717) is 0 Å². The lowest BCUT2D eigenvalue weighted by Gasteiger charge is -1.89. The highest BCUT2D eigenvalue weighted by atomic mass is 15.3. The van der Waals surface area contributed by atoms with E-state index in [-0.39, 0.29) is 0 Å². The van der Waals surface area contributed by atoms with Crippen molar-refractivity contribution in [2.75, 3.05) is 5.32 Å². The van der Waals surface area contributed by atoms with Crippen LogP contribution >= 0.6 is 0 Å². The van der Waals surface area contributed by atoms with E-state index < -0.39 is 0 Å². The number of hydrogen-bond acceptors (Lipinski definition) is 3. The third kappa shape index (κ3) is 1.26. The van der Waals surface area contributed by atoms with E-state index in [9.17, 15) is 0 Å². The maximum absolute atomic E-state index is 8.20. The Balaban J connectivity index is 2.70. The minimum atomic E-state index is 0.740. The molecule has 1 aromatic rings.